The number of rotatable bonds is 6. The number of halogens is 1. The number of carbonyl (C=O) groups is 1. The van der Waals surface area contributed by atoms with Crippen LogP contribution in [0.25, 0.3) is 17.0 Å². The van der Waals surface area contributed by atoms with Crippen LogP contribution in [0.2, 0.25) is 0 Å². The second kappa shape index (κ2) is 10.8. The van der Waals surface area contributed by atoms with E-state index in [4.69, 9.17) is 9.73 Å². The summed E-state index contributed by atoms with van der Waals surface area (Å²) in [6.07, 6.45) is 2.45. The Balaban J connectivity index is 1.56. The number of para-hydroxylation sites is 1. The highest BCUT2D eigenvalue weighted by Crippen LogP contribution is 2.32. The molecule has 6 rings (SSSR count). The molecule has 6 nitrogen and oxygen atoms in total. The number of fused-ring (bicyclic) bond motifs is 2. The molecule has 0 saturated carbocycles. The molecule has 0 unspecified atom stereocenters. The van der Waals surface area contributed by atoms with Crippen LogP contribution in [0.15, 0.2) is 99.9 Å². The Kier molecular flexibility index (Phi) is 7.01. The van der Waals surface area contributed by atoms with Gasteiger partial charge in [0.05, 0.1) is 29.0 Å². The van der Waals surface area contributed by atoms with Crippen molar-refractivity contribution in [2.75, 3.05) is 7.11 Å². The SMILES string of the molecule is CCC1=C(C(=O)OC)[C@@H](c2ccccc2)n2c(s/c(=C/c3c(C)n(Cc4ccc(F)cc4)c4ccccc34)c2=O)=N1. The molecule has 8 heteroatoms. The molecule has 206 valence electrons. The summed E-state index contributed by atoms with van der Waals surface area (Å²) >= 11 is 1.32. The Morgan fingerprint density at radius 1 is 1.05 bits per heavy atom. The summed E-state index contributed by atoms with van der Waals surface area (Å²) in [5.41, 5.74) is 5.53. The third-order valence-electron chi connectivity index (χ3n) is 7.57. The second-order valence-electron chi connectivity index (χ2n) is 9.93. The summed E-state index contributed by atoms with van der Waals surface area (Å²) in [4.78, 5) is 32.4. The molecule has 0 spiro atoms. The highest BCUT2D eigenvalue weighted by Gasteiger charge is 2.33. The molecule has 0 bridgehead atoms. The molecule has 0 fully saturated rings. The first-order chi connectivity index (χ1) is 19.9. The first-order valence-electron chi connectivity index (χ1n) is 13.4. The van der Waals surface area contributed by atoms with Gasteiger partial charge in [0, 0.05) is 28.7 Å². The predicted octanol–water partition coefficient (Wildman–Crippen LogP) is 5.25. The van der Waals surface area contributed by atoms with Gasteiger partial charge in [-0.15, -0.1) is 0 Å². The van der Waals surface area contributed by atoms with E-state index < -0.39 is 12.0 Å². The molecule has 3 aromatic carbocycles. The summed E-state index contributed by atoms with van der Waals surface area (Å²) in [5, 5.41) is 1.02. The molecule has 41 heavy (non-hydrogen) atoms. The summed E-state index contributed by atoms with van der Waals surface area (Å²) in [7, 11) is 1.35. The van der Waals surface area contributed by atoms with E-state index in [2.05, 4.69) is 10.6 Å². The van der Waals surface area contributed by atoms with Gasteiger partial charge in [0.2, 0.25) is 0 Å². The molecule has 1 aliphatic rings. The molecule has 1 atom stereocenters. The van der Waals surface area contributed by atoms with Crippen molar-refractivity contribution in [2.45, 2.75) is 32.9 Å². The highest BCUT2D eigenvalue weighted by molar-refractivity contribution is 7.07. The molecule has 0 saturated heterocycles. The third kappa shape index (κ3) is 4.64. The lowest BCUT2D eigenvalue weighted by atomic mass is 9.95. The van der Waals surface area contributed by atoms with Crippen LogP contribution in [0, 0.1) is 12.7 Å². The standard InChI is InChI=1S/C33H28FN3O3S/c1-4-26-29(32(39)40-3)30(22-10-6-5-7-11-22)37-31(38)28(41-33(37)35-26)18-25-20(2)36(27-13-9-8-12-24(25)27)19-21-14-16-23(34)17-15-21/h5-18,30H,4,19H2,1-3H3/b28-18+/t30-/m1/s1. The Bertz CT molecular complexity index is 2000. The largest absolute Gasteiger partial charge is 0.466 e. The molecule has 0 aliphatic carbocycles. The van der Waals surface area contributed by atoms with Crippen molar-refractivity contribution in [3.05, 3.63) is 138 Å². The maximum absolute atomic E-state index is 14.1. The van der Waals surface area contributed by atoms with Gasteiger partial charge in [0.1, 0.15) is 5.82 Å². The van der Waals surface area contributed by atoms with Crippen LogP contribution < -0.4 is 14.9 Å². The van der Waals surface area contributed by atoms with Gasteiger partial charge in [-0.1, -0.05) is 78.9 Å². The minimum atomic E-state index is -0.641. The first-order valence-corrected chi connectivity index (χ1v) is 14.2. The molecule has 2 aromatic heterocycles. The number of hydrogen-bond acceptors (Lipinski definition) is 5. The maximum atomic E-state index is 14.1. The quantitative estimate of drug-likeness (QED) is 0.264. The van der Waals surface area contributed by atoms with Crippen LogP contribution in [0.5, 0.6) is 0 Å². The van der Waals surface area contributed by atoms with Crippen molar-refractivity contribution >= 4 is 34.3 Å². The molecule has 1 aliphatic heterocycles. The van der Waals surface area contributed by atoms with E-state index in [1.807, 2.05) is 68.5 Å². The second-order valence-corrected chi connectivity index (χ2v) is 10.9. The number of benzene rings is 3. The van der Waals surface area contributed by atoms with Gasteiger partial charge in [0.25, 0.3) is 5.56 Å². The lowest BCUT2D eigenvalue weighted by Crippen LogP contribution is -2.40. The van der Waals surface area contributed by atoms with Crippen molar-refractivity contribution in [2.24, 2.45) is 4.99 Å². The summed E-state index contributed by atoms with van der Waals surface area (Å²) in [5.74, 6) is -0.761. The molecule has 0 N–H and O–H groups in total. The topological polar surface area (TPSA) is 65.6 Å². The molecule has 5 aromatic rings. The molecule has 0 amide bonds. The lowest BCUT2D eigenvalue weighted by molar-refractivity contribution is -0.136. The minimum Gasteiger partial charge on any atom is -0.466 e. The Morgan fingerprint density at radius 3 is 2.46 bits per heavy atom. The van der Waals surface area contributed by atoms with Gasteiger partial charge in [-0.2, -0.15) is 0 Å². The molecule has 3 heterocycles. The van der Waals surface area contributed by atoms with E-state index in [1.165, 1.54) is 30.6 Å². The zero-order chi connectivity index (χ0) is 28.7. The fourth-order valence-electron chi connectivity index (χ4n) is 5.56. The van der Waals surface area contributed by atoms with E-state index in [1.54, 1.807) is 16.7 Å². The van der Waals surface area contributed by atoms with E-state index in [0.29, 0.717) is 33.6 Å². The zero-order valence-corrected chi connectivity index (χ0v) is 23.7. The fraction of sp³-hybridized carbons (Fsp3) is 0.182. The van der Waals surface area contributed by atoms with Crippen molar-refractivity contribution in [3.63, 3.8) is 0 Å². The van der Waals surface area contributed by atoms with Crippen molar-refractivity contribution in [3.8, 4) is 0 Å². The van der Waals surface area contributed by atoms with Crippen molar-refractivity contribution in [1.29, 1.82) is 0 Å². The number of methoxy groups -OCH3 is 1. The van der Waals surface area contributed by atoms with Crippen LogP contribution in [-0.4, -0.2) is 22.2 Å². The van der Waals surface area contributed by atoms with Gasteiger partial charge >= 0.3 is 5.97 Å². The average Bonchev–Trinajstić information content (AvgIpc) is 3.45. The number of allylic oxidation sites excluding steroid dienone is 1. The van der Waals surface area contributed by atoms with E-state index in [0.717, 1.165) is 33.3 Å². The first kappa shape index (κ1) is 26.7. The van der Waals surface area contributed by atoms with Crippen LogP contribution >= 0.6 is 11.3 Å². The Hall–Kier alpha value is -4.56. The normalized spacial score (nSPS) is 15.2. The van der Waals surface area contributed by atoms with Crippen LogP contribution in [0.3, 0.4) is 0 Å². The number of ether oxygens (including phenoxy) is 1. The third-order valence-corrected chi connectivity index (χ3v) is 8.56. The number of thiazole rings is 1. The Labute approximate surface area is 240 Å². The minimum absolute atomic E-state index is 0.214. The lowest BCUT2D eigenvalue weighted by Gasteiger charge is -2.25. The predicted molar refractivity (Wildman–Crippen MR) is 159 cm³/mol. The summed E-state index contributed by atoms with van der Waals surface area (Å²) in [6, 6.07) is 23.4. The van der Waals surface area contributed by atoms with Gasteiger partial charge < -0.3 is 9.30 Å². The number of nitrogens with zero attached hydrogens (tertiary/aromatic N) is 3. The van der Waals surface area contributed by atoms with Crippen LogP contribution in [-0.2, 0) is 16.1 Å². The summed E-state index contributed by atoms with van der Waals surface area (Å²) < 4.78 is 23.0. The number of esters is 1. The maximum Gasteiger partial charge on any atom is 0.338 e. The average molecular weight is 566 g/mol. The van der Waals surface area contributed by atoms with Crippen LogP contribution in [0.1, 0.15) is 41.8 Å². The van der Waals surface area contributed by atoms with Gasteiger partial charge in [0.15, 0.2) is 4.80 Å². The molecule has 0 radical (unpaired) electrons. The number of aromatic nitrogens is 2. The van der Waals surface area contributed by atoms with Gasteiger partial charge in [-0.3, -0.25) is 9.36 Å². The number of hydrogen-bond donors (Lipinski definition) is 0. The smallest absolute Gasteiger partial charge is 0.338 e. The van der Waals surface area contributed by atoms with Crippen molar-refractivity contribution in [1.82, 2.24) is 9.13 Å². The van der Waals surface area contributed by atoms with Gasteiger partial charge in [-0.05, 0) is 48.7 Å². The molecular weight excluding hydrogens is 537 g/mol. The highest BCUT2D eigenvalue weighted by atomic mass is 32.1. The Morgan fingerprint density at radius 2 is 1.76 bits per heavy atom. The van der Waals surface area contributed by atoms with Crippen LogP contribution in [0.4, 0.5) is 4.39 Å². The van der Waals surface area contributed by atoms with E-state index >= 15 is 0 Å². The fourth-order valence-corrected chi connectivity index (χ4v) is 6.56. The summed E-state index contributed by atoms with van der Waals surface area (Å²) in [6.45, 7) is 4.54. The monoisotopic (exact) mass is 565 g/mol. The number of carbonyl (C=O) groups excluding carboxylic acids is 1. The van der Waals surface area contributed by atoms with Gasteiger partial charge in [-0.25, -0.2) is 14.2 Å². The zero-order valence-electron chi connectivity index (χ0n) is 22.9. The van der Waals surface area contributed by atoms with E-state index in [-0.39, 0.29) is 11.4 Å². The van der Waals surface area contributed by atoms with E-state index in [9.17, 15) is 14.0 Å². The van der Waals surface area contributed by atoms with Crippen molar-refractivity contribution < 1.29 is 13.9 Å². The molecular formula is C33H28FN3O3S.